The van der Waals surface area contributed by atoms with E-state index in [4.69, 9.17) is 0 Å². The summed E-state index contributed by atoms with van der Waals surface area (Å²) in [4.78, 5) is 10.2. The fourth-order valence-electron chi connectivity index (χ4n) is 1.18. The lowest BCUT2D eigenvalue weighted by Gasteiger charge is -1.96. The topological polar surface area (TPSA) is 54.1 Å². The average Bonchev–Trinajstić information content (AvgIpc) is 2.49. The first-order valence-electron chi connectivity index (χ1n) is 3.45. The summed E-state index contributed by atoms with van der Waals surface area (Å²) < 4.78 is 1.53. The van der Waals surface area contributed by atoms with Gasteiger partial charge in [0.2, 0.25) is 0 Å². The van der Waals surface area contributed by atoms with Gasteiger partial charge < -0.3 is 5.11 Å². The van der Waals surface area contributed by atoms with E-state index >= 15 is 0 Å². The normalized spacial score (nSPS) is 10.3. The molecule has 2 heterocycles. The Labute approximate surface area is 68.0 Å². The molecule has 0 aliphatic carbocycles. The summed E-state index contributed by atoms with van der Waals surface area (Å²) >= 11 is 0. The summed E-state index contributed by atoms with van der Waals surface area (Å²) in [5, 5.41) is 12.1. The Kier molecular flexibility index (Phi) is 1.33. The Morgan fingerprint density at radius 3 is 2.92 bits per heavy atom. The van der Waals surface area contributed by atoms with Crippen molar-refractivity contribution in [2.75, 3.05) is 0 Å². The molecule has 1 N–H and O–H groups in total. The van der Waals surface area contributed by atoms with E-state index in [1.54, 1.807) is 30.5 Å². The molecule has 2 aromatic rings. The third kappa shape index (κ3) is 0.780. The number of nitrogens with zero attached hydrogens (tertiary/aromatic N) is 2. The van der Waals surface area contributed by atoms with Gasteiger partial charge in [-0.2, -0.15) is 0 Å². The number of pyridine rings is 1. The molecule has 0 spiro atoms. The second-order valence-corrected chi connectivity index (χ2v) is 2.43. The van der Waals surface area contributed by atoms with E-state index in [1.807, 2.05) is 0 Å². The monoisotopic (exact) mass is 162 g/mol. The van der Waals surface area contributed by atoms with Gasteiger partial charge in [-0.15, -0.1) is 4.91 Å². The van der Waals surface area contributed by atoms with Crippen molar-refractivity contribution in [1.82, 2.24) is 4.40 Å². The maximum atomic E-state index is 10.2. The first-order chi connectivity index (χ1) is 5.83. The zero-order chi connectivity index (χ0) is 8.55. The zero-order valence-electron chi connectivity index (χ0n) is 6.14. The molecule has 2 aromatic heterocycles. The highest BCUT2D eigenvalue weighted by Gasteiger charge is 2.03. The van der Waals surface area contributed by atoms with E-state index in [-0.39, 0.29) is 5.75 Å². The molecule has 0 atom stereocenters. The highest BCUT2D eigenvalue weighted by Crippen LogP contribution is 2.24. The lowest BCUT2D eigenvalue weighted by Crippen LogP contribution is -1.80. The van der Waals surface area contributed by atoms with E-state index in [0.717, 1.165) is 0 Å². The molecule has 60 valence electrons. The second-order valence-electron chi connectivity index (χ2n) is 2.43. The van der Waals surface area contributed by atoms with E-state index in [2.05, 4.69) is 5.18 Å². The predicted octanol–water partition coefficient (Wildman–Crippen LogP) is 2.04. The van der Waals surface area contributed by atoms with Crippen molar-refractivity contribution in [1.29, 1.82) is 0 Å². The fourth-order valence-corrected chi connectivity index (χ4v) is 1.18. The maximum Gasteiger partial charge on any atom is 0.182 e. The van der Waals surface area contributed by atoms with Crippen molar-refractivity contribution in [2.24, 2.45) is 5.18 Å². The molecule has 2 rings (SSSR count). The Hall–Kier alpha value is -1.84. The third-order valence-electron chi connectivity index (χ3n) is 1.74. The molecule has 0 saturated carbocycles. The standard InChI is InChI=1S/C8H6N2O2/c11-7-2-1-5-10-6(7)3-4-8(10)9-12/h1-5,11H. The Bertz CT molecular complexity index is 434. The summed E-state index contributed by atoms with van der Waals surface area (Å²) in [7, 11) is 0. The van der Waals surface area contributed by atoms with Crippen molar-refractivity contribution < 1.29 is 5.11 Å². The molecule has 0 radical (unpaired) electrons. The molecule has 12 heavy (non-hydrogen) atoms. The van der Waals surface area contributed by atoms with Gasteiger partial charge in [-0.3, -0.25) is 4.40 Å². The number of aromatic nitrogens is 1. The zero-order valence-corrected chi connectivity index (χ0v) is 6.14. The van der Waals surface area contributed by atoms with E-state index in [9.17, 15) is 10.0 Å². The highest BCUT2D eigenvalue weighted by molar-refractivity contribution is 5.64. The number of rotatable bonds is 1. The van der Waals surface area contributed by atoms with Crippen molar-refractivity contribution in [3.8, 4) is 5.75 Å². The van der Waals surface area contributed by atoms with Crippen LogP contribution >= 0.6 is 0 Å². The summed E-state index contributed by atoms with van der Waals surface area (Å²) in [5.74, 6) is 0.438. The van der Waals surface area contributed by atoms with Gasteiger partial charge in [-0.25, -0.2) is 0 Å². The Morgan fingerprint density at radius 1 is 1.33 bits per heavy atom. The molecule has 0 bridgehead atoms. The number of nitroso groups, excluding NO2 is 1. The summed E-state index contributed by atoms with van der Waals surface area (Å²) in [5.41, 5.74) is 0.590. The van der Waals surface area contributed by atoms with Crippen LogP contribution in [0.4, 0.5) is 5.82 Å². The molecule has 0 amide bonds. The van der Waals surface area contributed by atoms with Gasteiger partial charge in [0.1, 0.15) is 5.75 Å². The minimum absolute atomic E-state index is 0.146. The lowest BCUT2D eigenvalue weighted by molar-refractivity contribution is 0.479. The molecular formula is C8H6N2O2. The summed E-state index contributed by atoms with van der Waals surface area (Å²) in [6.07, 6.45) is 1.67. The smallest absolute Gasteiger partial charge is 0.182 e. The number of aromatic hydroxyl groups is 1. The van der Waals surface area contributed by atoms with E-state index in [0.29, 0.717) is 11.3 Å². The predicted molar refractivity (Wildman–Crippen MR) is 44.5 cm³/mol. The molecule has 0 aliphatic heterocycles. The molecule has 4 nitrogen and oxygen atoms in total. The molecular weight excluding hydrogens is 156 g/mol. The van der Waals surface area contributed by atoms with Crippen LogP contribution in [0.5, 0.6) is 5.75 Å². The van der Waals surface area contributed by atoms with Gasteiger partial charge in [-0.1, -0.05) is 0 Å². The first-order valence-corrected chi connectivity index (χ1v) is 3.45. The number of hydrogen-bond acceptors (Lipinski definition) is 3. The maximum absolute atomic E-state index is 10.2. The van der Waals surface area contributed by atoms with Gasteiger partial charge in [0.15, 0.2) is 5.82 Å². The van der Waals surface area contributed by atoms with Crippen LogP contribution < -0.4 is 0 Å². The highest BCUT2D eigenvalue weighted by atomic mass is 16.3. The van der Waals surface area contributed by atoms with Crippen LogP contribution in [0, 0.1) is 4.91 Å². The average molecular weight is 162 g/mol. The van der Waals surface area contributed by atoms with Gasteiger partial charge in [0, 0.05) is 6.20 Å². The molecule has 0 aromatic carbocycles. The van der Waals surface area contributed by atoms with E-state index in [1.165, 1.54) is 4.40 Å². The Morgan fingerprint density at radius 2 is 2.17 bits per heavy atom. The van der Waals surface area contributed by atoms with E-state index < -0.39 is 0 Å². The van der Waals surface area contributed by atoms with Crippen molar-refractivity contribution >= 4 is 11.3 Å². The second kappa shape index (κ2) is 2.34. The molecule has 0 saturated heterocycles. The summed E-state index contributed by atoms with van der Waals surface area (Å²) in [6.45, 7) is 0. The van der Waals surface area contributed by atoms with Crippen molar-refractivity contribution in [3.05, 3.63) is 35.4 Å². The van der Waals surface area contributed by atoms with Crippen LogP contribution in [0.3, 0.4) is 0 Å². The lowest BCUT2D eigenvalue weighted by atomic mass is 10.4. The molecule has 0 aliphatic rings. The Balaban J connectivity index is 2.88. The minimum atomic E-state index is 0.146. The molecule has 4 heteroatoms. The van der Waals surface area contributed by atoms with Gasteiger partial charge in [0.05, 0.1) is 5.52 Å². The largest absolute Gasteiger partial charge is 0.506 e. The van der Waals surface area contributed by atoms with Gasteiger partial charge >= 0.3 is 0 Å². The number of hydrogen-bond donors (Lipinski definition) is 1. The summed E-state index contributed by atoms with van der Waals surface area (Å²) in [6, 6.07) is 6.41. The quantitative estimate of drug-likeness (QED) is 0.652. The molecule has 0 fully saturated rings. The minimum Gasteiger partial charge on any atom is -0.506 e. The van der Waals surface area contributed by atoms with Crippen LogP contribution in [0.15, 0.2) is 35.6 Å². The van der Waals surface area contributed by atoms with Crippen LogP contribution in [0.1, 0.15) is 0 Å². The number of fused-ring (bicyclic) bond motifs is 1. The van der Waals surface area contributed by atoms with Gasteiger partial charge in [-0.05, 0) is 29.4 Å². The van der Waals surface area contributed by atoms with Crippen LogP contribution in [0.2, 0.25) is 0 Å². The third-order valence-corrected chi connectivity index (χ3v) is 1.74. The van der Waals surface area contributed by atoms with Crippen molar-refractivity contribution in [3.63, 3.8) is 0 Å². The van der Waals surface area contributed by atoms with Crippen LogP contribution in [-0.2, 0) is 0 Å². The van der Waals surface area contributed by atoms with Gasteiger partial charge in [0.25, 0.3) is 0 Å². The SMILES string of the molecule is O=Nc1ccc2c(O)cccn12. The first kappa shape index (κ1) is 6.84. The fraction of sp³-hybridized carbons (Fsp3) is 0. The van der Waals surface area contributed by atoms with Crippen molar-refractivity contribution in [2.45, 2.75) is 0 Å². The molecule has 0 unspecified atom stereocenters. The van der Waals surface area contributed by atoms with Crippen LogP contribution in [0.25, 0.3) is 5.52 Å². The van der Waals surface area contributed by atoms with Crippen LogP contribution in [-0.4, -0.2) is 9.51 Å².